The van der Waals surface area contributed by atoms with Gasteiger partial charge in [0.25, 0.3) is 0 Å². The third kappa shape index (κ3) is 6.26. The number of carbonyl (C=O) groups excluding carboxylic acids is 1. The fourth-order valence-electron chi connectivity index (χ4n) is 1.76. The molecule has 114 valence electrons. The Kier molecular flexibility index (Phi) is 9.01. The van der Waals surface area contributed by atoms with E-state index in [1.54, 1.807) is 0 Å². The summed E-state index contributed by atoms with van der Waals surface area (Å²) in [6.45, 7) is 5.47. The van der Waals surface area contributed by atoms with Gasteiger partial charge in [-0.3, -0.25) is 4.79 Å². The monoisotopic (exact) mass is 299 g/mol. The second kappa shape index (κ2) is 9.61. The zero-order valence-corrected chi connectivity index (χ0v) is 13.3. The number of carbonyl (C=O) groups is 1. The first-order valence-electron chi connectivity index (χ1n) is 6.82. The van der Waals surface area contributed by atoms with Gasteiger partial charge in [0, 0.05) is 25.8 Å². The van der Waals surface area contributed by atoms with Gasteiger partial charge in [-0.1, -0.05) is 32.0 Å². The van der Waals surface area contributed by atoms with Crippen LogP contribution in [0.2, 0.25) is 0 Å². The maximum absolute atomic E-state index is 11.6. The minimum Gasteiger partial charge on any atom is -0.375 e. The lowest BCUT2D eigenvalue weighted by Gasteiger charge is -2.20. The first-order chi connectivity index (χ1) is 9.02. The number of anilines is 1. The van der Waals surface area contributed by atoms with E-state index >= 15 is 0 Å². The van der Waals surface area contributed by atoms with E-state index in [0.717, 1.165) is 13.0 Å². The largest absolute Gasteiger partial charge is 0.375 e. The van der Waals surface area contributed by atoms with Crippen LogP contribution in [0.3, 0.4) is 0 Å². The molecule has 1 aromatic rings. The molecule has 0 radical (unpaired) electrons. The number of benzene rings is 1. The normalized spacial score (nSPS) is 11.7. The Bertz CT molecular complexity index is 384. The minimum absolute atomic E-state index is 0. The van der Waals surface area contributed by atoms with Gasteiger partial charge in [-0.2, -0.15) is 0 Å². The molecule has 4 nitrogen and oxygen atoms in total. The van der Waals surface area contributed by atoms with E-state index in [-0.39, 0.29) is 24.2 Å². The van der Waals surface area contributed by atoms with E-state index in [2.05, 4.69) is 29.4 Å². The highest BCUT2D eigenvalue weighted by Gasteiger charge is 2.16. The van der Waals surface area contributed by atoms with Crippen molar-refractivity contribution in [1.29, 1.82) is 0 Å². The van der Waals surface area contributed by atoms with Gasteiger partial charge in [0.15, 0.2) is 0 Å². The fraction of sp³-hybridized carbons (Fsp3) is 0.533. The van der Waals surface area contributed by atoms with E-state index < -0.39 is 6.04 Å². The van der Waals surface area contributed by atoms with Crippen molar-refractivity contribution in [3.8, 4) is 0 Å². The number of halogens is 1. The predicted octanol–water partition coefficient (Wildman–Crippen LogP) is 2.03. The fourth-order valence-corrected chi connectivity index (χ4v) is 1.76. The molecule has 0 saturated heterocycles. The smallest absolute Gasteiger partial charge is 0.237 e. The molecular weight excluding hydrogens is 274 g/mol. The van der Waals surface area contributed by atoms with Crippen LogP contribution in [0.5, 0.6) is 0 Å². The zero-order valence-electron chi connectivity index (χ0n) is 12.5. The number of amides is 1. The van der Waals surface area contributed by atoms with Crippen LogP contribution < -0.4 is 16.0 Å². The molecular formula is C15H26ClN3O. The second-order valence-corrected chi connectivity index (χ2v) is 5.17. The number of rotatable bonds is 7. The van der Waals surface area contributed by atoms with Crippen molar-refractivity contribution < 1.29 is 4.79 Å². The maximum atomic E-state index is 11.6. The van der Waals surface area contributed by atoms with Crippen molar-refractivity contribution in [2.24, 2.45) is 11.7 Å². The molecule has 5 heteroatoms. The van der Waals surface area contributed by atoms with Crippen LogP contribution in [0.1, 0.15) is 20.3 Å². The summed E-state index contributed by atoms with van der Waals surface area (Å²) in [6, 6.07) is 9.79. The third-order valence-corrected chi connectivity index (χ3v) is 3.19. The highest BCUT2D eigenvalue weighted by Crippen LogP contribution is 2.10. The Balaban J connectivity index is 0.00000361. The Morgan fingerprint density at radius 3 is 2.45 bits per heavy atom. The van der Waals surface area contributed by atoms with Crippen molar-refractivity contribution in [2.45, 2.75) is 26.3 Å². The third-order valence-electron chi connectivity index (χ3n) is 3.19. The number of nitrogens with zero attached hydrogens (tertiary/aromatic N) is 1. The van der Waals surface area contributed by atoms with E-state index in [1.807, 2.05) is 32.0 Å². The van der Waals surface area contributed by atoms with E-state index in [9.17, 15) is 4.79 Å². The summed E-state index contributed by atoms with van der Waals surface area (Å²) in [5.41, 5.74) is 6.96. The van der Waals surface area contributed by atoms with Crippen molar-refractivity contribution in [2.75, 3.05) is 25.0 Å². The first kappa shape index (κ1) is 18.7. The Hall–Kier alpha value is -1.26. The van der Waals surface area contributed by atoms with Crippen molar-refractivity contribution >= 4 is 24.0 Å². The lowest BCUT2D eigenvalue weighted by molar-refractivity contribution is -0.123. The Labute approximate surface area is 128 Å². The lowest BCUT2D eigenvalue weighted by atomic mass is 10.1. The Morgan fingerprint density at radius 2 is 1.90 bits per heavy atom. The number of nitrogens with one attached hydrogen (secondary N) is 1. The molecule has 0 unspecified atom stereocenters. The van der Waals surface area contributed by atoms with Gasteiger partial charge in [-0.25, -0.2) is 0 Å². The summed E-state index contributed by atoms with van der Waals surface area (Å²) in [4.78, 5) is 13.8. The second-order valence-electron chi connectivity index (χ2n) is 5.17. The van der Waals surface area contributed by atoms with Gasteiger partial charge in [-0.05, 0) is 24.5 Å². The van der Waals surface area contributed by atoms with Gasteiger partial charge in [0.2, 0.25) is 5.91 Å². The summed E-state index contributed by atoms with van der Waals surface area (Å²) in [5, 5.41) is 2.88. The van der Waals surface area contributed by atoms with Crippen LogP contribution in [0, 0.1) is 5.92 Å². The maximum Gasteiger partial charge on any atom is 0.237 e. The van der Waals surface area contributed by atoms with Crippen molar-refractivity contribution in [3.05, 3.63) is 30.3 Å². The summed E-state index contributed by atoms with van der Waals surface area (Å²) in [5.74, 6) is 0.115. The molecule has 0 spiro atoms. The summed E-state index contributed by atoms with van der Waals surface area (Å²) < 4.78 is 0. The molecule has 0 aliphatic heterocycles. The van der Waals surface area contributed by atoms with Crippen LogP contribution in [-0.4, -0.2) is 32.1 Å². The van der Waals surface area contributed by atoms with E-state index in [1.165, 1.54) is 5.69 Å². The zero-order chi connectivity index (χ0) is 14.3. The quantitative estimate of drug-likeness (QED) is 0.758. The molecule has 0 heterocycles. The molecule has 0 fully saturated rings. The molecule has 0 aromatic heterocycles. The molecule has 1 aromatic carbocycles. The van der Waals surface area contributed by atoms with Gasteiger partial charge >= 0.3 is 0 Å². The molecule has 0 aliphatic carbocycles. The van der Waals surface area contributed by atoms with Crippen LogP contribution in [0.15, 0.2) is 30.3 Å². The topological polar surface area (TPSA) is 58.4 Å². The standard InChI is InChI=1S/C15H25N3O.ClH/c1-12(2)14(16)15(19)17-10-7-11-18(3)13-8-5-4-6-9-13;/h4-6,8-9,12,14H,7,10-11,16H2,1-3H3,(H,17,19);1H/t14-;/m0./s1. The van der Waals surface area contributed by atoms with Crippen LogP contribution in [0.25, 0.3) is 0 Å². The molecule has 1 rings (SSSR count). The van der Waals surface area contributed by atoms with Gasteiger partial charge < -0.3 is 16.0 Å². The van der Waals surface area contributed by atoms with Crippen LogP contribution >= 0.6 is 12.4 Å². The molecule has 0 bridgehead atoms. The van der Waals surface area contributed by atoms with Gasteiger partial charge in [0.1, 0.15) is 0 Å². The summed E-state index contributed by atoms with van der Waals surface area (Å²) in [7, 11) is 2.05. The van der Waals surface area contributed by atoms with Crippen LogP contribution in [0.4, 0.5) is 5.69 Å². The SMILES string of the molecule is CC(C)[C@H](N)C(=O)NCCCN(C)c1ccccc1.Cl. The van der Waals surface area contributed by atoms with E-state index in [0.29, 0.717) is 6.54 Å². The lowest BCUT2D eigenvalue weighted by Crippen LogP contribution is -2.44. The molecule has 0 saturated carbocycles. The number of hydrogen-bond donors (Lipinski definition) is 2. The highest BCUT2D eigenvalue weighted by molar-refractivity contribution is 5.85. The van der Waals surface area contributed by atoms with Gasteiger partial charge in [-0.15, -0.1) is 12.4 Å². The highest BCUT2D eigenvalue weighted by atomic mass is 35.5. The average molecular weight is 300 g/mol. The van der Waals surface area contributed by atoms with Crippen molar-refractivity contribution in [3.63, 3.8) is 0 Å². The van der Waals surface area contributed by atoms with Crippen molar-refractivity contribution in [1.82, 2.24) is 5.32 Å². The minimum atomic E-state index is -0.410. The first-order valence-corrected chi connectivity index (χ1v) is 6.82. The Morgan fingerprint density at radius 1 is 1.30 bits per heavy atom. The predicted molar refractivity (Wildman–Crippen MR) is 87.4 cm³/mol. The van der Waals surface area contributed by atoms with Gasteiger partial charge in [0.05, 0.1) is 6.04 Å². The molecule has 3 N–H and O–H groups in total. The molecule has 1 atom stereocenters. The summed E-state index contributed by atoms with van der Waals surface area (Å²) >= 11 is 0. The number of para-hydroxylation sites is 1. The van der Waals surface area contributed by atoms with Crippen LogP contribution in [-0.2, 0) is 4.79 Å². The molecule has 20 heavy (non-hydrogen) atoms. The molecule has 1 amide bonds. The molecule has 0 aliphatic rings. The summed E-state index contributed by atoms with van der Waals surface area (Å²) in [6.07, 6.45) is 0.905. The number of hydrogen-bond acceptors (Lipinski definition) is 3. The average Bonchev–Trinajstić information content (AvgIpc) is 2.43. The van der Waals surface area contributed by atoms with E-state index in [4.69, 9.17) is 5.73 Å². The number of nitrogens with two attached hydrogens (primary N) is 1.